The molecular formula is C52H84O22. The molecule has 74 heavy (non-hydrogen) atoms. The summed E-state index contributed by atoms with van der Waals surface area (Å²) in [5, 5.41) is 140. The van der Waals surface area contributed by atoms with Crippen LogP contribution in [0.15, 0.2) is 11.6 Å². The maximum absolute atomic E-state index is 15.1. The zero-order valence-corrected chi connectivity index (χ0v) is 43.5. The van der Waals surface area contributed by atoms with E-state index >= 15 is 4.79 Å². The predicted molar refractivity (Wildman–Crippen MR) is 252 cm³/mol. The molecule has 5 aliphatic carbocycles. The van der Waals surface area contributed by atoms with Gasteiger partial charge in [0.2, 0.25) is 6.29 Å². The van der Waals surface area contributed by atoms with Gasteiger partial charge in [-0.2, -0.15) is 0 Å². The van der Waals surface area contributed by atoms with Gasteiger partial charge in [-0.05, 0) is 117 Å². The summed E-state index contributed by atoms with van der Waals surface area (Å²) in [6.45, 7) is 13.0. The molecule has 0 bridgehead atoms. The molecule has 28 atom stereocenters. The Morgan fingerprint density at radius 1 is 0.649 bits per heavy atom. The van der Waals surface area contributed by atoms with Crippen LogP contribution >= 0.6 is 0 Å². The van der Waals surface area contributed by atoms with Gasteiger partial charge in [0.1, 0.15) is 85.5 Å². The van der Waals surface area contributed by atoms with Crippen molar-refractivity contribution in [3.05, 3.63) is 11.6 Å². The molecule has 0 radical (unpaired) electrons. The van der Waals surface area contributed by atoms with Crippen LogP contribution < -0.4 is 0 Å². The molecule has 0 amide bonds. The summed E-state index contributed by atoms with van der Waals surface area (Å²) in [6.07, 6.45) is -21.9. The smallest absolute Gasteiger partial charge is 0.315 e. The van der Waals surface area contributed by atoms with Crippen LogP contribution in [0.5, 0.6) is 0 Å². The van der Waals surface area contributed by atoms with Crippen LogP contribution in [-0.2, 0) is 42.7 Å². The first kappa shape index (κ1) is 57.1. The van der Waals surface area contributed by atoms with Crippen molar-refractivity contribution in [2.24, 2.45) is 44.8 Å². The number of hydrogen-bond donors (Lipinski definition) is 13. The summed E-state index contributed by atoms with van der Waals surface area (Å²) in [4.78, 5) is 15.1. The SMILES string of the molecule is CC1OC(OC2C(CO)OC(OCC3OC(OC(=O)C45CCC(C)(C)CC4C4=CCC6C7(C)CCC(OC8OCC(O)C(O)C8O)C(C)(O)C7CCC6(C)C4(C)CC5)C(O)C(O)C3O)C(O)C2O)C(O)C(O)C1O. The van der Waals surface area contributed by atoms with Gasteiger partial charge in [0, 0.05) is 0 Å². The van der Waals surface area contributed by atoms with E-state index in [2.05, 4.69) is 40.7 Å². The molecule has 0 spiro atoms. The van der Waals surface area contributed by atoms with Crippen LogP contribution in [0.2, 0.25) is 0 Å². The molecule has 22 nitrogen and oxygen atoms in total. The lowest BCUT2D eigenvalue weighted by atomic mass is 9.34. The summed E-state index contributed by atoms with van der Waals surface area (Å²) >= 11 is 0. The van der Waals surface area contributed by atoms with Crippen LogP contribution in [0.1, 0.15) is 113 Å². The molecule has 22 heteroatoms. The van der Waals surface area contributed by atoms with Crippen molar-refractivity contribution in [2.45, 2.75) is 241 Å². The predicted octanol–water partition coefficient (Wildman–Crippen LogP) is -1.64. The molecular weight excluding hydrogens is 977 g/mol. The van der Waals surface area contributed by atoms with E-state index < -0.39 is 153 Å². The Bertz CT molecular complexity index is 2040. The van der Waals surface area contributed by atoms with Crippen molar-refractivity contribution in [1.29, 1.82) is 0 Å². The number of fused-ring (bicyclic) bond motifs is 7. The second-order valence-corrected chi connectivity index (χ2v) is 25.3. The molecule has 9 rings (SSSR count). The number of aliphatic hydroxyl groups excluding tert-OH is 12. The van der Waals surface area contributed by atoms with Crippen molar-refractivity contribution in [3.8, 4) is 0 Å². The van der Waals surface area contributed by atoms with Crippen molar-refractivity contribution >= 4 is 5.97 Å². The summed E-state index contributed by atoms with van der Waals surface area (Å²) in [6, 6.07) is 0. The van der Waals surface area contributed by atoms with Crippen LogP contribution in [-0.4, -0.2) is 221 Å². The summed E-state index contributed by atoms with van der Waals surface area (Å²) in [5.41, 5.74) is -2.23. The number of carbonyl (C=O) groups excluding carboxylic acids is 1. The number of allylic oxidation sites excluding steroid dienone is 2. The van der Waals surface area contributed by atoms with E-state index in [0.29, 0.717) is 51.4 Å². The van der Waals surface area contributed by atoms with E-state index in [-0.39, 0.29) is 46.0 Å². The largest absolute Gasteiger partial charge is 0.432 e. The van der Waals surface area contributed by atoms with Gasteiger partial charge in [0.15, 0.2) is 18.9 Å². The standard InChI is InChI=1S/C52H84O22/c1-22-31(55)34(58)38(62)44(69-22)73-41-26(19-53)70-42(40(64)36(41)60)68-21-27-33(57)35(59)39(63)45(71-27)74-46(65)52-16-14-47(2,3)18-24(52)23-8-9-28-48(4)12-11-30(72-43-37(61)32(56)25(54)20-67-43)51(7,66)29(48)10-13-50(28,6)49(23,5)15-17-52/h8,22,24-45,53-64,66H,9-21H2,1-7H3. The van der Waals surface area contributed by atoms with E-state index in [9.17, 15) is 66.4 Å². The lowest BCUT2D eigenvalue weighted by molar-refractivity contribution is -0.361. The zero-order valence-electron chi connectivity index (χ0n) is 43.5. The van der Waals surface area contributed by atoms with Gasteiger partial charge in [-0.3, -0.25) is 4.79 Å². The fourth-order valence-corrected chi connectivity index (χ4v) is 15.7. The third-order valence-electron chi connectivity index (χ3n) is 20.6. The number of hydrogen-bond acceptors (Lipinski definition) is 22. The number of ether oxygens (including phenoxy) is 8. The van der Waals surface area contributed by atoms with E-state index in [0.717, 1.165) is 12.8 Å². The maximum Gasteiger partial charge on any atom is 0.315 e. The van der Waals surface area contributed by atoms with Gasteiger partial charge in [-0.1, -0.05) is 46.3 Å². The summed E-state index contributed by atoms with van der Waals surface area (Å²) < 4.78 is 46.6. The molecule has 28 unspecified atom stereocenters. The minimum Gasteiger partial charge on any atom is -0.432 e. The molecule has 0 aromatic rings. The van der Waals surface area contributed by atoms with Crippen molar-refractivity contribution < 1.29 is 109 Å². The molecule has 4 heterocycles. The highest BCUT2D eigenvalue weighted by Crippen LogP contribution is 2.75. The molecule has 424 valence electrons. The lowest BCUT2D eigenvalue weighted by Crippen LogP contribution is -2.68. The first-order chi connectivity index (χ1) is 34.6. The Labute approximate surface area is 431 Å². The normalized spacial score (nSPS) is 55.4. The second kappa shape index (κ2) is 20.5. The number of rotatable bonds is 10. The van der Waals surface area contributed by atoms with Crippen molar-refractivity contribution in [3.63, 3.8) is 0 Å². The molecule has 8 fully saturated rings. The van der Waals surface area contributed by atoms with E-state index in [1.54, 1.807) is 6.92 Å². The molecule has 0 aromatic heterocycles. The monoisotopic (exact) mass is 1060 g/mol. The van der Waals surface area contributed by atoms with Gasteiger partial charge in [0.25, 0.3) is 0 Å². The number of aliphatic hydroxyl groups is 13. The van der Waals surface area contributed by atoms with Gasteiger partial charge < -0.3 is 104 Å². The van der Waals surface area contributed by atoms with E-state index in [4.69, 9.17) is 37.9 Å². The van der Waals surface area contributed by atoms with Gasteiger partial charge in [-0.25, -0.2) is 0 Å². The fraction of sp³-hybridized carbons (Fsp3) is 0.942. The molecule has 4 aliphatic heterocycles. The van der Waals surface area contributed by atoms with Crippen molar-refractivity contribution in [2.75, 3.05) is 19.8 Å². The van der Waals surface area contributed by atoms with Crippen molar-refractivity contribution in [1.82, 2.24) is 0 Å². The average molecular weight is 1060 g/mol. The van der Waals surface area contributed by atoms with Gasteiger partial charge in [0.05, 0.1) is 43.0 Å². The molecule has 0 aromatic carbocycles. The van der Waals surface area contributed by atoms with Crippen LogP contribution in [0.25, 0.3) is 0 Å². The van der Waals surface area contributed by atoms with Gasteiger partial charge in [-0.15, -0.1) is 0 Å². The maximum atomic E-state index is 15.1. The average Bonchev–Trinajstić information content (AvgIpc) is 3.34. The molecule has 4 saturated carbocycles. The van der Waals surface area contributed by atoms with E-state index in [1.807, 2.05) is 0 Å². The molecule has 9 aliphatic rings. The lowest BCUT2D eigenvalue weighted by Gasteiger charge is -2.71. The minimum atomic E-state index is -1.88. The van der Waals surface area contributed by atoms with E-state index in [1.165, 1.54) is 12.5 Å². The first-order valence-corrected chi connectivity index (χ1v) is 26.8. The van der Waals surface area contributed by atoms with Crippen LogP contribution in [0.3, 0.4) is 0 Å². The topological polar surface area (TPSA) is 354 Å². The highest BCUT2D eigenvalue weighted by atomic mass is 16.8. The number of esters is 1. The Balaban J connectivity index is 0.891. The Kier molecular flexibility index (Phi) is 15.8. The van der Waals surface area contributed by atoms with Crippen LogP contribution in [0, 0.1) is 44.8 Å². The van der Waals surface area contributed by atoms with Gasteiger partial charge >= 0.3 is 5.97 Å². The number of carbonyl (C=O) groups is 1. The fourth-order valence-electron chi connectivity index (χ4n) is 15.7. The third-order valence-corrected chi connectivity index (χ3v) is 20.6. The quantitative estimate of drug-likeness (QED) is 0.0663. The zero-order chi connectivity index (χ0) is 54.0. The Morgan fingerprint density at radius 3 is 1.99 bits per heavy atom. The Morgan fingerprint density at radius 2 is 1.28 bits per heavy atom. The highest BCUT2D eigenvalue weighted by Gasteiger charge is 2.70. The second-order valence-electron chi connectivity index (χ2n) is 25.3. The molecule has 13 N–H and O–H groups in total. The third kappa shape index (κ3) is 9.26. The highest BCUT2D eigenvalue weighted by molar-refractivity contribution is 5.79. The Hall–Kier alpha value is -1.59. The minimum absolute atomic E-state index is 0.143. The summed E-state index contributed by atoms with van der Waals surface area (Å²) in [7, 11) is 0. The summed E-state index contributed by atoms with van der Waals surface area (Å²) in [5.74, 6) is -0.889. The first-order valence-electron chi connectivity index (χ1n) is 26.8. The molecule has 4 saturated heterocycles. The van der Waals surface area contributed by atoms with Crippen LogP contribution in [0.4, 0.5) is 0 Å².